The summed E-state index contributed by atoms with van der Waals surface area (Å²) in [5.74, 6) is 1.26. The summed E-state index contributed by atoms with van der Waals surface area (Å²) in [6, 6.07) is 15.5. The van der Waals surface area contributed by atoms with E-state index in [0.29, 0.717) is 31.2 Å². The number of benzene rings is 2. The van der Waals surface area contributed by atoms with E-state index in [4.69, 9.17) is 10.5 Å². The zero-order valence-electron chi connectivity index (χ0n) is 16.3. The maximum atomic E-state index is 12.0. The van der Waals surface area contributed by atoms with E-state index in [-0.39, 0.29) is 11.9 Å². The van der Waals surface area contributed by atoms with Gasteiger partial charge in [-0.2, -0.15) is 0 Å². The molecule has 1 atom stereocenters. The third-order valence-corrected chi connectivity index (χ3v) is 4.74. The molecule has 148 valence electrons. The van der Waals surface area contributed by atoms with Crippen LogP contribution >= 0.6 is 0 Å². The fourth-order valence-electron chi connectivity index (χ4n) is 3.13. The minimum atomic E-state index is -0.0390. The van der Waals surface area contributed by atoms with E-state index in [0.717, 1.165) is 36.1 Å². The zero-order valence-corrected chi connectivity index (χ0v) is 16.3. The minimum Gasteiger partial charge on any atom is -0.493 e. The molecule has 3 rings (SSSR count). The van der Waals surface area contributed by atoms with Crippen LogP contribution in [0.3, 0.4) is 0 Å². The summed E-state index contributed by atoms with van der Waals surface area (Å²) in [5, 5.41) is 6.20. The molecule has 1 aliphatic heterocycles. The van der Waals surface area contributed by atoms with Crippen LogP contribution in [0, 0.1) is 0 Å². The van der Waals surface area contributed by atoms with Gasteiger partial charge in [0.25, 0.3) is 5.91 Å². The monoisotopic (exact) mass is 380 g/mol. The van der Waals surface area contributed by atoms with Crippen LogP contribution in [-0.2, 0) is 6.54 Å². The number of unbranched alkanes of at least 4 members (excludes halogenated alkanes) is 1. The standard InChI is InChI=1S/C22H28N4O2/c1-2-3-13-24-21(27)17-10-8-16(9-11-17)15-25-22(23)26-19-12-14-28-20-7-5-4-6-18(19)20/h4-11,19H,2-3,12-15H2,1H3,(H,24,27)(H3,23,25,26). The lowest BCUT2D eigenvalue weighted by Crippen LogP contribution is -2.37. The predicted molar refractivity (Wildman–Crippen MR) is 111 cm³/mol. The molecule has 0 spiro atoms. The lowest BCUT2D eigenvalue weighted by atomic mass is 10.0. The molecule has 1 unspecified atom stereocenters. The number of guanidine groups is 1. The van der Waals surface area contributed by atoms with Gasteiger partial charge in [0.1, 0.15) is 5.75 Å². The molecule has 0 radical (unpaired) electrons. The number of ether oxygens (including phenoxy) is 1. The van der Waals surface area contributed by atoms with E-state index in [1.165, 1.54) is 0 Å². The number of hydrogen-bond donors (Lipinski definition) is 3. The van der Waals surface area contributed by atoms with E-state index in [1.807, 2.05) is 48.5 Å². The van der Waals surface area contributed by atoms with E-state index in [1.54, 1.807) is 0 Å². The van der Waals surface area contributed by atoms with E-state index >= 15 is 0 Å². The summed E-state index contributed by atoms with van der Waals surface area (Å²) < 4.78 is 5.67. The summed E-state index contributed by atoms with van der Waals surface area (Å²) in [5.41, 5.74) is 8.85. The predicted octanol–water partition coefficient (Wildman–Crippen LogP) is 3.14. The summed E-state index contributed by atoms with van der Waals surface area (Å²) >= 11 is 0. The summed E-state index contributed by atoms with van der Waals surface area (Å²) in [7, 11) is 0. The number of carbonyl (C=O) groups is 1. The van der Waals surface area contributed by atoms with Crippen molar-refractivity contribution in [1.29, 1.82) is 0 Å². The molecule has 0 bridgehead atoms. The Morgan fingerprint density at radius 2 is 2.00 bits per heavy atom. The largest absolute Gasteiger partial charge is 0.493 e. The highest BCUT2D eigenvalue weighted by atomic mass is 16.5. The average Bonchev–Trinajstić information content (AvgIpc) is 2.73. The van der Waals surface area contributed by atoms with Gasteiger partial charge in [-0.1, -0.05) is 43.7 Å². The van der Waals surface area contributed by atoms with Gasteiger partial charge >= 0.3 is 0 Å². The highest BCUT2D eigenvalue weighted by molar-refractivity contribution is 5.94. The molecule has 1 aliphatic rings. The Labute approximate surface area is 166 Å². The molecule has 0 saturated carbocycles. The number of rotatable bonds is 7. The van der Waals surface area contributed by atoms with Gasteiger partial charge in [-0.05, 0) is 30.2 Å². The fourth-order valence-corrected chi connectivity index (χ4v) is 3.13. The van der Waals surface area contributed by atoms with Crippen molar-refractivity contribution < 1.29 is 9.53 Å². The van der Waals surface area contributed by atoms with E-state index < -0.39 is 0 Å². The van der Waals surface area contributed by atoms with Crippen molar-refractivity contribution in [2.75, 3.05) is 13.2 Å². The van der Waals surface area contributed by atoms with E-state index in [9.17, 15) is 4.79 Å². The molecule has 28 heavy (non-hydrogen) atoms. The number of fused-ring (bicyclic) bond motifs is 1. The van der Waals surface area contributed by atoms with Crippen molar-refractivity contribution >= 4 is 11.9 Å². The molecular formula is C22H28N4O2. The Morgan fingerprint density at radius 3 is 2.79 bits per heavy atom. The number of nitrogens with two attached hydrogens (primary N) is 1. The zero-order chi connectivity index (χ0) is 19.8. The fraction of sp³-hybridized carbons (Fsp3) is 0.364. The number of amides is 1. The maximum Gasteiger partial charge on any atom is 0.251 e. The average molecular weight is 380 g/mol. The molecule has 6 heteroatoms. The smallest absolute Gasteiger partial charge is 0.251 e. The van der Waals surface area contributed by atoms with Crippen LogP contribution in [0.4, 0.5) is 0 Å². The second-order valence-corrected chi connectivity index (χ2v) is 6.88. The van der Waals surface area contributed by atoms with Crippen LogP contribution in [0.5, 0.6) is 5.75 Å². The van der Waals surface area contributed by atoms with Crippen molar-refractivity contribution in [3.63, 3.8) is 0 Å². The molecule has 0 aromatic heterocycles. The molecule has 2 aromatic rings. The number of nitrogens with zero attached hydrogens (tertiary/aromatic N) is 1. The normalized spacial score (nSPS) is 16.0. The molecule has 1 heterocycles. The Bertz CT molecular complexity index is 818. The number of nitrogens with one attached hydrogen (secondary N) is 2. The van der Waals surface area contributed by atoms with Gasteiger partial charge in [-0.3, -0.25) is 4.79 Å². The lowest BCUT2D eigenvalue weighted by molar-refractivity contribution is 0.0953. The summed E-state index contributed by atoms with van der Waals surface area (Å²) in [4.78, 5) is 16.5. The van der Waals surface area contributed by atoms with Gasteiger partial charge in [-0.25, -0.2) is 4.99 Å². The number of carbonyl (C=O) groups excluding carboxylic acids is 1. The number of aliphatic imine (C=N–C) groups is 1. The molecule has 0 saturated heterocycles. The Balaban J connectivity index is 1.54. The van der Waals surface area contributed by atoms with Crippen molar-refractivity contribution in [3.8, 4) is 5.75 Å². The van der Waals surface area contributed by atoms with Crippen LogP contribution in [0.2, 0.25) is 0 Å². The molecular weight excluding hydrogens is 352 g/mol. The Kier molecular flexibility index (Phi) is 6.89. The van der Waals surface area contributed by atoms with Crippen LogP contribution in [0.15, 0.2) is 53.5 Å². The topological polar surface area (TPSA) is 88.7 Å². The second-order valence-electron chi connectivity index (χ2n) is 6.88. The first-order valence-electron chi connectivity index (χ1n) is 9.82. The van der Waals surface area contributed by atoms with Gasteiger partial charge in [0.2, 0.25) is 0 Å². The van der Waals surface area contributed by atoms with Gasteiger partial charge in [-0.15, -0.1) is 0 Å². The SMILES string of the molecule is CCCCNC(=O)c1ccc(CN=C(N)NC2CCOc3ccccc32)cc1. The molecule has 1 amide bonds. The quantitative estimate of drug-likeness (QED) is 0.391. The van der Waals surface area contributed by atoms with E-state index in [2.05, 4.69) is 22.5 Å². The maximum absolute atomic E-state index is 12.0. The van der Waals surface area contributed by atoms with Crippen molar-refractivity contribution in [2.24, 2.45) is 10.7 Å². The van der Waals surface area contributed by atoms with Gasteiger partial charge < -0.3 is 21.1 Å². The molecule has 0 aliphatic carbocycles. The molecule has 0 fully saturated rings. The van der Waals surface area contributed by atoms with Crippen molar-refractivity contribution in [2.45, 2.75) is 38.8 Å². The molecule has 4 N–H and O–H groups in total. The van der Waals surface area contributed by atoms with Gasteiger partial charge in [0.15, 0.2) is 5.96 Å². The first-order chi connectivity index (χ1) is 13.7. The molecule has 2 aromatic carbocycles. The number of hydrogen-bond acceptors (Lipinski definition) is 3. The first kappa shape index (κ1) is 19.7. The first-order valence-corrected chi connectivity index (χ1v) is 9.82. The summed E-state index contributed by atoms with van der Waals surface area (Å²) in [6.45, 7) is 3.92. The molecule has 6 nitrogen and oxygen atoms in total. The Morgan fingerprint density at radius 1 is 1.21 bits per heavy atom. The van der Waals surface area contributed by atoms with Crippen molar-refractivity contribution in [3.05, 3.63) is 65.2 Å². The third-order valence-electron chi connectivity index (χ3n) is 4.74. The van der Waals surface area contributed by atoms with Crippen molar-refractivity contribution in [1.82, 2.24) is 10.6 Å². The Hall–Kier alpha value is -3.02. The number of para-hydroxylation sites is 1. The third kappa shape index (κ3) is 5.25. The summed E-state index contributed by atoms with van der Waals surface area (Å²) in [6.07, 6.45) is 2.89. The van der Waals surface area contributed by atoms with Crippen LogP contribution in [-0.4, -0.2) is 25.0 Å². The highest BCUT2D eigenvalue weighted by Gasteiger charge is 2.21. The van der Waals surface area contributed by atoms with Gasteiger partial charge in [0.05, 0.1) is 19.2 Å². The minimum absolute atomic E-state index is 0.0390. The van der Waals surface area contributed by atoms with Gasteiger partial charge in [0, 0.05) is 24.1 Å². The van der Waals surface area contributed by atoms with Crippen LogP contribution in [0.1, 0.15) is 53.7 Å². The highest BCUT2D eigenvalue weighted by Crippen LogP contribution is 2.31. The van der Waals surface area contributed by atoms with Crippen LogP contribution in [0.25, 0.3) is 0 Å². The van der Waals surface area contributed by atoms with Crippen LogP contribution < -0.4 is 21.1 Å². The second kappa shape index (κ2) is 9.78. The lowest BCUT2D eigenvalue weighted by Gasteiger charge is -2.26.